The van der Waals surface area contributed by atoms with Crippen LogP contribution in [0.15, 0.2) is 6.20 Å². The van der Waals surface area contributed by atoms with Crippen molar-refractivity contribution >= 4 is 11.9 Å². The number of hydrogen-bond acceptors (Lipinski definition) is 4. The molecule has 13 heavy (non-hydrogen) atoms. The summed E-state index contributed by atoms with van der Waals surface area (Å²) in [7, 11) is 0. The molecule has 0 aliphatic heterocycles. The smallest absolute Gasteiger partial charge is 0.338 e. The molecule has 0 spiro atoms. The first kappa shape index (κ1) is 9.11. The summed E-state index contributed by atoms with van der Waals surface area (Å²) in [5.41, 5.74) is -0.574. The van der Waals surface area contributed by atoms with E-state index in [0.717, 1.165) is 6.20 Å². The van der Waals surface area contributed by atoms with Crippen LogP contribution in [0.2, 0.25) is 0 Å². The predicted octanol–water partition coefficient (Wildman–Crippen LogP) is 0.181. The van der Waals surface area contributed by atoms with Gasteiger partial charge in [-0.05, 0) is 6.92 Å². The Morgan fingerprint density at radius 1 is 1.31 bits per heavy atom. The van der Waals surface area contributed by atoms with Crippen LogP contribution in [0.5, 0.6) is 0 Å². The Balaban J connectivity index is 3.43. The molecule has 0 radical (unpaired) electrons. The van der Waals surface area contributed by atoms with Gasteiger partial charge in [0.2, 0.25) is 0 Å². The average Bonchev–Trinajstić information content (AvgIpc) is 2.02. The minimum atomic E-state index is -1.32. The summed E-state index contributed by atoms with van der Waals surface area (Å²) in [6, 6.07) is 0. The van der Waals surface area contributed by atoms with E-state index >= 15 is 0 Å². The SMILES string of the molecule is Cc1nncc(C(=O)O)c1C(=O)O. The highest BCUT2D eigenvalue weighted by atomic mass is 16.4. The normalized spacial score (nSPS) is 9.62. The van der Waals surface area contributed by atoms with Crippen molar-refractivity contribution in [1.29, 1.82) is 0 Å². The molecule has 0 unspecified atom stereocenters. The van der Waals surface area contributed by atoms with Crippen molar-refractivity contribution in [1.82, 2.24) is 10.2 Å². The van der Waals surface area contributed by atoms with Crippen LogP contribution in [0, 0.1) is 6.92 Å². The van der Waals surface area contributed by atoms with E-state index in [1.165, 1.54) is 6.92 Å². The molecule has 0 saturated carbocycles. The molecule has 0 aromatic carbocycles. The van der Waals surface area contributed by atoms with E-state index in [0.29, 0.717) is 0 Å². The van der Waals surface area contributed by atoms with Gasteiger partial charge in [0.25, 0.3) is 0 Å². The van der Waals surface area contributed by atoms with Gasteiger partial charge in [-0.15, -0.1) is 0 Å². The van der Waals surface area contributed by atoms with Crippen molar-refractivity contribution in [2.24, 2.45) is 0 Å². The second-order valence-electron chi connectivity index (χ2n) is 2.33. The maximum atomic E-state index is 10.6. The molecule has 0 aliphatic rings. The monoisotopic (exact) mass is 182 g/mol. The van der Waals surface area contributed by atoms with Crippen LogP contribution in [0.25, 0.3) is 0 Å². The Morgan fingerprint density at radius 3 is 2.31 bits per heavy atom. The predicted molar refractivity (Wildman–Crippen MR) is 40.7 cm³/mol. The number of aryl methyl sites for hydroxylation is 1. The third-order valence-corrected chi connectivity index (χ3v) is 1.47. The Labute approximate surface area is 72.8 Å². The minimum absolute atomic E-state index is 0.0902. The lowest BCUT2D eigenvalue weighted by Crippen LogP contribution is -2.12. The van der Waals surface area contributed by atoms with Crippen LogP contribution in [0.4, 0.5) is 0 Å². The molecule has 0 aliphatic carbocycles. The molecule has 0 atom stereocenters. The second kappa shape index (κ2) is 3.18. The third-order valence-electron chi connectivity index (χ3n) is 1.47. The molecule has 0 amide bonds. The summed E-state index contributed by atoms with van der Waals surface area (Å²) in [5, 5.41) is 24.1. The fourth-order valence-electron chi connectivity index (χ4n) is 0.915. The fraction of sp³-hybridized carbons (Fsp3) is 0.143. The van der Waals surface area contributed by atoms with Gasteiger partial charge in [-0.1, -0.05) is 0 Å². The van der Waals surface area contributed by atoms with Gasteiger partial charge >= 0.3 is 11.9 Å². The van der Waals surface area contributed by atoms with Crippen molar-refractivity contribution < 1.29 is 19.8 Å². The van der Waals surface area contributed by atoms with Crippen molar-refractivity contribution in [2.75, 3.05) is 0 Å². The molecular formula is C7H6N2O4. The van der Waals surface area contributed by atoms with E-state index in [9.17, 15) is 9.59 Å². The van der Waals surface area contributed by atoms with E-state index in [4.69, 9.17) is 10.2 Å². The van der Waals surface area contributed by atoms with Crippen molar-refractivity contribution in [3.63, 3.8) is 0 Å². The van der Waals surface area contributed by atoms with Crippen molar-refractivity contribution in [2.45, 2.75) is 6.92 Å². The Bertz CT molecular complexity index is 375. The highest BCUT2D eigenvalue weighted by molar-refractivity contribution is 6.01. The third kappa shape index (κ3) is 1.61. The molecule has 6 nitrogen and oxygen atoms in total. The number of aromatic carboxylic acids is 2. The summed E-state index contributed by atoms with van der Waals surface area (Å²) < 4.78 is 0. The standard InChI is InChI=1S/C7H6N2O4/c1-3-5(7(12)13)4(6(10)11)2-8-9-3/h2H,1H3,(H,10,11)(H,12,13). The summed E-state index contributed by atoms with van der Waals surface area (Å²) in [6.45, 7) is 1.39. The molecule has 0 bridgehead atoms. The van der Waals surface area contributed by atoms with E-state index in [-0.39, 0.29) is 16.8 Å². The highest BCUT2D eigenvalue weighted by Gasteiger charge is 2.19. The van der Waals surface area contributed by atoms with Gasteiger partial charge in [-0.2, -0.15) is 10.2 Å². The fourth-order valence-corrected chi connectivity index (χ4v) is 0.915. The zero-order valence-corrected chi connectivity index (χ0v) is 6.68. The molecule has 0 fully saturated rings. The van der Waals surface area contributed by atoms with Gasteiger partial charge in [0.1, 0.15) is 0 Å². The van der Waals surface area contributed by atoms with Gasteiger partial charge in [0.05, 0.1) is 23.0 Å². The largest absolute Gasteiger partial charge is 0.478 e. The first-order chi connectivity index (χ1) is 6.04. The van der Waals surface area contributed by atoms with Gasteiger partial charge < -0.3 is 10.2 Å². The van der Waals surface area contributed by atoms with Crippen LogP contribution in [-0.2, 0) is 0 Å². The number of aromatic nitrogens is 2. The average molecular weight is 182 g/mol. The van der Waals surface area contributed by atoms with Crippen LogP contribution in [-0.4, -0.2) is 32.3 Å². The second-order valence-corrected chi connectivity index (χ2v) is 2.33. The lowest BCUT2D eigenvalue weighted by atomic mass is 10.1. The first-order valence-electron chi connectivity index (χ1n) is 3.33. The highest BCUT2D eigenvalue weighted by Crippen LogP contribution is 2.09. The zero-order valence-electron chi connectivity index (χ0n) is 6.68. The van der Waals surface area contributed by atoms with Gasteiger partial charge in [-0.3, -0.25) is 0 Å². The molecule has 1 aromatic heterocycles. The lowest BCUT2D eigenvalue weighted by molar-refractivity contribution is 0.0649. The lowest BCUT2D eigenvalue weighted by Gasteiger charge is -2.01. The molecule has 68 valence electrons. The Hall–Kier alpha value is -1.98. The number of nitrogens with zero attached hydrogens (tertiary/aromatic N) is 2. The summed E-state index contributed by atoms with van der Waals surface area (Å²) in [4.78, 5) is 21.2. The van der Waals surface area contributed by atoms with E-state index in [2.05, 4.69) is 10.2 Å². The van der Waals surface area contributed by atoms with E-state index in [1.54, 1.807) is 0 Å². The number of rotatable bonds is 2. The Kier molecular flexibility index (Phi) is 2.23. The number of carbonyl (C=O) groups is 2. The zero-order chi connectivity index (χ0) is 10.0. The molecule has 6 heteroatoms. The van der Waals surface area contributed by atoms with Crippen LogP contribution >= 0.6 is 0 Å². The Morgan fingerprint density at radius 2 is 1.92 bits per heavy atom. The maximum Gasteiger partial charge on any atom is 0.338 e. The first-order valence-corrected chi connectivity index (χ1v) is 3.33. The van der Waals surface area contributed by atoms with Gasteiger partial charge in [-0.25, -0.2) is 9.59 Å². The summed E-state index contributed by atoms with van der Waals surface area (Å²) in [6.07, 6.45) is 0.915. The number of carboxylic acid groups (broad SMARTS) is 2. The van der Waals surface area contributed by atoms with Gasteiger partial charge in [0, 0.05) is 0 Å². The van der Waals surface area contributed by atoms with Crippen molar-refractivity contribution in [3.8, 4) is 0 Å². The molecular weight excluding hydrogens is 176 g/mol. The summed E-state index contributed by atoms with van der Waals surface area (Å²) in [5.74, 6) is -2.64. The maximum absolute atomic E-state index is 10.6. The molecule has 1 aromatic rings. The van der Waals surface area contributed by atoms with E-state index in [1.807, 2.05) is 0 Å². The summed E-state index contributed by atoms with van der Waals surface area (Å²) >= 11 is 0. The van der Waals surface area contributed by atoms with Crippen LogP contribution in [0.1, 0.15) is 26.4 Å². The minimum Gasteiger partial charge on any atom is -0.478 e. The molecule has 1 rings (SSSR count). The molecule has 1 heterocycles. The topological polar surface area (TPSA) is 100 Å². The van der Waals surface area contributed by atoms with E-state index < -0.39 is 11.9 Å². The molecule has 2 N–H and O–H groups in total. The van der Waals surface area contributed by atoms with Crippen LogP contribution < -0.4 is 0 Å². The number of hydrogen-bond donors (Lipinski definition) is 2. The van der Waals surface area contributed by atoms with Crippen LogP contribution in [0.3, 0.4) is 0 Å². The van der Waals surface area contributed by atoms with Gasteiger partial charge in [0.15, 0.2) is 0 Å². The quantitative estimate of drug-likeness (QED) is 0.676. The number of carboxylic acids is 2. The van der Waals surface area contributed by atoms with Crippen molar-refractivity contribution in [3.05, 3.63) is 23.0 Å². The molecule has 0 saturated heterocycles.